The summed E-state index contributed by atoms with van der Waals surface area (Å²) in [4.78, 5) is 9.67. The number of aliphatic hydroxyl groups excluding tert-OH is 1. The molecule has 18 heavy (non-hydrogen) atoms. The highest BCUT2D eigenvalue weighted by molar-refractivity contribution is 5.75. The molecule has 5 heteroatoms. The molecular weight excluding hydrogens is 233 g/mol. The number of aromatic nitrogens is 2. The Hall–Kier alpha value is -1.46. The molecule has 2 rings (SSSR count). The van der Waals surface area contributed by atoms with Crippen molar-refractivity contribution in [2.75, 3.05) is 20.2 Å². The molecule has 2 aromatic rings. The molecule has 0 radical (unpaired) electrons. The zero-order chi connectivity index (χ0) is 13.1. The van der Waals surface area contributed by atoms with Gasteiger partial charge in [-0.3, -0.25) is 4.90 Å². The van der Waals surface area contributed by atoms with Crippen molar-refractivity contribution in [3.63, 3.8) is 0 Å². The van der Waals surface area contributed by atoms with Gasteiger partial charge in [0.05, 0.1) is 23.7 Å². The number of halogens is 1. The lowest BCUT2D eigenvalue weighted by molar-refractivity contribution is 0.173. The topological polar surface area (TPSA) is 52.2 Å². The second-order valence-electron chi connectivity index (χ2n) is 4.41. The van der Waals surface area contributed by atoms with E-state index < -0.39 is 0 Å². The third kappa shape index (κ3) is 2.52. The predicted molar refractivity (Wildman–Crippen MR) is 68.8 cm³/mol. The lowest BCUT2D eigenvalue weighted by Crippen LogP contribution is -2.27. The van der Waals surface area contributed by atoms with Gasteiger partial charge in [-0.2, -0.15) is 0 Å². The molecule has 0 aliphatic heterocycles. The van der Waals surface area contributed by atoms with Gasteiger partial charge in [-0.1, -0.05) is 6.92 Å². The first kappa shape index (κ1) is 13.0. The average molecular weight is 251 g/mol. The summed E-state index contributed by atoms with van der Waals surface area (Å²) in [6.45, 7) is 2.76. The maximum Gasteiger partial charge on any atom is 0.125 e. The minimum atomic E-state index is -0.269. The number of hydrogen-bond donors (Lipinski definition) is 2. The van der Waals surface area contributed by atoms with E-state index in [2.05, 4.69) is 16.9 Å². The van der Waals surface area contributed by atoms with Gasteiger partial charge in [-0.25, -0.2) is 9.37 Å². The summed E-state index contributed by atoms with van der Waals surface area (Å²) in [5.74, 6) is 0.545. The predicted octanol–water partition coefficient (Wildman–Crippen LogP) is 2.08. The van der Waals surface area contributed by atoms with Gasteiger partial charge in [0.1, 0.15) is 11.6 Å². The SMILES string of the molecule is CCC(c1nc2ccc(F)cc2[nH]1)N(C)CCO. The lowest BCUT2D eigenvalue weighted by Gasteiger charge is -2.24. The summed E-state index contributed by atoms with van der Waals surface area (Å²) in [6.07, 6.45) is 0.874. The molecule has 0 amide bonds. The van der Waals surface area contributed by atoms with Crippen LogP contribution in [-0.4, -0.2) is 40.2 Å². The molecular formula is C13H18FN3O. The molecule has 1 aromatic heterocycles. The lowest BCUT2D eigenvalue weighted by atomic mass is 10.2. The molecule has 0 aliphatic rings. The smallest absolute Gasteiger partial charge is 0.125 e. The summed E-state index contributed by atoms with van der Waals surface area (Å²) < 4.78 is 13.1. The van der Waals surface area contributed by atoms with Crippen LogP contribution < -0.4 is 0 Å². The molecule has 0 saturated carbocycles. The normalized spacial score (nSPS) is 13.4. The molecule has 1 aromatic carbocycles. The van der Waals surface area contributed by atoms with Crippen LogP contribution in [0.3, 0.4) is 0 Å². The van der Waals surface area contributed by atoms with Crippen molar-refractivity contribution in [3.8, 4) is 0 Å². The summed E-state index contributed by atoms with van der Waals surface area (Å²) in [7, 11) is 1.94. The van der Waals surface area contributed by atoms with Gasteiger partial charge in [0.2, 0.25) is 0 Å². The van der Waals surface area contributed by atoms with Crippen LogP contribution >= 0.6 is 0 Å². The van der Waals surface area contributed by atoms with E-state index in [0.29, 0.717) is 12.1 Å². The maximum atomic E-state index is 13.1. The highest BCUT2D eigenvalue weighted by atomic mass is 19.1. The molecule has 0 aliphatic carbocycles. The fraction of sp³-hybridized carbons (Fsp3) is 0.462. The van der Waals surface area contributed by atoms with E-state index in [4.69, 9.17) is 5.11 Å². The van der Waals surface area contributed by atoms with E-state index in [1.165, 1.54) is 12.1 Å². The van der Waals surface area contributed by atoms with Crippen molar-refractivity contribution >= 4 is 11.0 Å². The number of rotatable bonds is 5. The molecule has 4 nitrogen and oxygen atoms in total. The number of nitrogens with one attached hydrogen (secondary N) is 1. The van der Waals surface area contributed by atoms with Crippen molar-refractivity contribution in [3.05, 3.63) is 29.8 Å². The number of hydrogen-bond acceptors (Lipinski definition) is 3. The summed E-state index contributed by atoms with van der Waals surface area (Å²) >= 11 is 0. The van der Waals surface area contributed by atoms with Crippen LogP contribution in [0.4, 0.5) is 4.39 Å². The third-order valence-corrected chi connectivity index (χ3v) is 3.15. The Morgan fingerprint density at radius 1 is 1.50 bits per heavy atom. The van der Waals surface area contributed by atoms with Crippen molar-refractivity contribution < 1.29 is 9.50 Å². The van der Waals surface area contributed by atoms with Crippen LogP contribution in [0.5, 0.6) is 0 Å². The van der Waals surface area contributed by atoms with E-state index in [1.54, 1.807) is 6.07 Å². The Morgan fingerprint density at radius 2 is 2.28 bits per heavy atom. The first-order valence-electron chi connectivity index (χ1n) is 6.12. The van der Waals surface area contributed by atoms with E-state index >= 15 is 0 Å². The number of aliphatic hydroxyl groups is 1. The summed E-state index contributed by atoms with van der Waals surface area (Å²) in [6, 6.07) is 4.63. The zero-order valence-corrected chi connectivity index (χ0v) is 10.7. The maximum absolute atomic E-state index is 13.1. The molecule has 1 atom stereocenters. The van der Waals surface area contributed by atoms with Crippen molar-refractivity contribution in [1.29, 1.82) is 0 Å². The Labute approximate surface area is 105 Å². The van der Waals surface area contributed by atoms with Gasteiger partial charge >= 0.3 is 0 Å². The second kappa shape index (κ2) is 5.46. The van der Waals surface area contributed by atoms with Gasteiger partial charge in [0, 0.05) is 6.54 Å². The van der Waals surface area contributed by atoms with E-state index in [0.717, 1.165) is 17.8 Å². The van der Waals surface area contributed by atoms with Crippen molar-refractivity contribution in [1.82, 2.24) is 14.9 Å². The Bertz CT molecular complexity index is 526. The summed E-state index contributed by atoms with van der Waals surface area (Å²) in [5.41, 5.74) is 1.48. The number of aromatic amines is 1. The molecule has 2 N–H and O–H groups in total. The van der Waals surface area contributed by atoms with E-state index in [-0.39, 0.29) is 18.5 Å². The third-order valence-electron chi connectivity index (χ3n) is 3.15. The van der Waals surface area contributed by atoms with Crippen LogP contribution in [0, 0.1) is 5.82 Å². The van der Waals surface area contributed by atoms with Crippen LogP contribution in [-0.2, 0) is 0 Å². The molecule has 0 bridgehead atoms. The Morgan fingerprint density at radius 3 is 2.94 bits per heavy atom. The van der Waals surface area contributed by atoms with Crippen LogP contribution in [0.25, 0.3) is 11.0 Å². The number of imidazole rings is 1. The standard InChI is InChI=1S/C13H18FN3O/c1-3-12(17(2)6-7-18)13-15-10-5-4-9(14)8-11(10)16-13/h4-5,8,12,18H,3,6-7H2,1-2H3,(H,15,16). The van der Waals surface area contributed by atoms with Gasteiger partial charge in [0.15, 0.2) is 0 Å². The molecule has 0 spiro atoms. The van der Waals surface area contributed by atoms with Gasteiger partial charge in [-0.05, 0) is 31.7 Å². The quantitative estimate of drug-likeness (QED) is 0.855. The fourth-order valence-corrected chi connectivity index (χ4v) is 2.19. The zero-order valence-electron chi connectivity index (χ0n) is 10.7. The number of benzene rings is 1. The average Bonchev–Trinajstić information content (AvgIpc) is 2.72. The summed E-state index contributed by atoms with van der Waals surface area (Å²) in [5, 5.41) is 8.98. The molecule has 0 saturated heterocycles. The molecule has 98 valence electrons. The fourth-order valence-electron chi connectivity index (χ4n) is 2.19. The monoisotopic (exact) mass is 251 g/mol. The molecule has 1 heterocycles. The highest BCUT2D eigenvalue weighted by Gasteiger charge is 2.18. The van der Waals surface area contributed by atoms with Crippen LogP contribution in [0.1, 0.15) is 25.2 Å². The van der Waals surface area contributed by atoms with Crippen molar-refractivity contribution in [2.24, 2.45) is 0 Å². The minimum absolute atomic E-state index is 0.104. The van der Waals surface area contributed by atoms with Crippen LogP contribution in [0.15, 0.2) is 18.2 Å². The Balaban J connectivity index is 2.33. The molecule has 0 fully saturated rings. The highest BCUT2D eigenvalue weighted by Crippen LogP contribution is 2.23. The van der Waals surface area contributed by atoms with Crippen LogP contribution in [0.2, 0.25) is 0 Å². The number of H-pyrrole nitrogens is 1. The first-order chi connectivity index (χ1) is 8.65. The first-order valence-corrected chi connectivity index (χ1v) is 6.12. The number of fused-ring (bicyclic) bond motifs is 1. The largest absolute Gasteiger partial charge is 0.395 e. The second-order valence-corrected chi connectivity index (χ2v) is 4.41. The van der Waals surface area contributed by atoms with Gasteiger partial charge < -0.3 is 10.1 Å². The molecule has 1 unspecified atom stereocenters. The van der Waals surface area contributed by atoms with E-state index in [9.17, 15) is 4.39 Å². The van der Waals surface area contributed by atoms with E-state index in [1.807, 2.05) is 11.9 Å². The Kier molecular flexibility index (Phi) is 3.93. The minimum Gasteiger partial charge on any atom is -0.395 e. The number of nitrogens with zero attached hydrogens (tertiary/aromatic N) is 2. The number of likely N-dealkylation sites (N-methyl/N-ethyl adjacent to an activating group) is 1. The van der Waals surface area contributed by atoms with Crippen molar-refractivity contribution in [2.45, 2.75) is 19.4 Å². The van der Waals surface area contributed by atoms with Gasteiger partial charge in [-0.15, -0.1) is 0 Å². The van der Waals surface area contributed by atoms with Gasteiger partial charge in [0.25, 0.3) is 0 Å².